The van der Waals surface area contributed by atoms with E-state index in [-0.39, 0.29) is 30.3 Å². The Kier molecular flexibility index (Phi) is 7.92. The summed E-state index contributed by atoms with van der Waals surface area (Å²) in [5.41, 5.74) is 3.31. The quantitative estimate of drug-likeness (QED) is 0.628. The highest BCUT2D eigenvalue weighted by molar-refractivity contribution is 7.86. The van der Waals surface area contributed by atoms with Crippen LogP contribution in [0.15, 0.2) is 42.5 Å². The molecule has 2 aromatic rings. The maximum atomic E-state index is 12.4. The molecular formula is C23H24Cl2N2O3S. The van der Waals surface area contributed by atoms with E-state index in [0.717, 1.165) is 16.7 Å². The van der Waals surface area contributed by atoms with Crippen LogP contribution in [0.1, 0.15) is 39.9 Å². The monoisotopic (exact) mass is 478 g/mol. The molecule has 0 radical (unpaired) electrons. The fraction of sp³-hybridized carbons (Fsp3) is 0.304. The number of nitrogens with one attached hydrogen (secondary N) is 2. The summed E-state index contributed by atoms with van der Waals surface area (Å²) in [6.07, 6.45) is 4.04. The molecule has 5 nitrogen and oxygen atoms in total. The van der Waals surface area contributed by atoms with Crippen molar-refractivity contribution in [2.75, 3.05) is 18.1 Å². The molecule has 2 N–H and O–H groups in total. The number of rotatable bonds is 7. The van der Waals surface area contributed by atoms with E-state index in [0.29, 0.717) is 27.1 Å². The van der Waals surface area contributed by atoms with Gasteiger partial charge in [0.05, 0.1) is 12.6 Å². The Labute approximate surface area is 194 Å². The van der Waals surface area contributed by atoms with E-state index >= 15 is 0 Å². The summed E-state index contributed by atoms with van der Waals surface area (Å²) in [4.78, 5) is 24.3. The first-order valence-electron chi connectivity index (χ1n) is 9.88. The van der Waals surface area contributed by atoms with Gasteiger partial charge in [-0.2, -0.15) is 0 Å². The maximum Gasteiger partial charge on any atom is 0.251 e. The third kappa shape index (κ3) is 6.66. The average molecular weight is 479 g/mol. The standard InChI is InChI=1S/C23H24Cl2N2O3S/c1-14(17-8-18(24)10-19(25)9-17)3-4-16-5-6-21(15(2)7-16)23(29)26-11-22(28)27-20-12-31(30)13-20/h3-10,14,20H,11-13H2,1-2H3,(H,26,29)(H,27,28)/b4-3+. The van der Waals surface area contributed by atoms with E-state index in [4.69, 9.17) is 23.2 Å². The molecule has 1 aliphatic heterocycles. The number of allylic oxidation sites excluding steroid dienone is 1. The van der Waals surface area contributed by atoms with Crippen LogP contribution in [-0.4, -0.2) is 40.1 Å². The average Bonchev–Trinajstić information content (AvgIpc) is 2.68. The summed E-state index contributed by atoms with van der Waals surface area (Å²) in [7, 11) is -0.824. The Morgan fingerprint density at radius 2 is 1.84 bits per heavy atom. The fourth-order valence-electron chi connectivity index (χ4n) is 3.27. The van der Waals surface area contributed by atoms with Crippen molar-refractivity contribution < 1.29 is 13.8 Å². The van der Waals surface area contributed by atoms with Crippen LogP contribution >= 0.6 is 23.2 Å². The summed E-state index contributed by atoms with van der Waals surface area (Å²) in [6, 6.07) is 11.0. The topological polar surface area (TPSA) is 75.3 Å². The normalized spacial score (nSPS) is 19.0. The van der Waals surface area contributed by atoms with Crippen molar-refractivity contribution in [2.45, 2.75) is 25.8 Å². The lowest BCUT2D eigenvalue weighted by Crippen LogP contribution is -2.52. The van der Waals surface area contributed by atoms with E-state index in [1.54, 1.807) is 12.1 Å². The minimum atomic E-state index is -0.824. The molecule has 2 amide bonds. The lowest BCUT2D eigenvalue weighted by molar-refractivity contribution is -0.120. The number of halogens is 2. The zero-order valence-corrected chi connectivity index (χ0v) is 19.6. The molecular weight excluding hydrogens is 455 g/mol. The van der Waals surface area contributed by atoms with Crippen LogP contribution in [0.3, 0.4) is 0 Å². The van der Waals surface area contributed by atoms with E-state index < -0.39 is 10.8 Å². The second kappa shape index (κ2) is 10.4. The van der Waals surface area contributed by atoms with Crippen molar-refractivity contribution in [3.8, 4) is 0 Å². The van der Waals surface area contributed by atoms with Crippen molar-refractivity contribution in [3.05, 3.63) is 74.8 Å². The van der Waals surface area contributed by atoms with Gasteiger partial charge in [0.15, 0.2) is 0 Å². The van der Waals surface area contributed by atoms with Gasteiger partial charge in [-0.05, 0) is 53.8 Å². The molecule has 164 valence electrons. The van der Waals surface area contributed by atoms with Crippen LogP contribution in [0.4, 0.5) is 0 Å². The third-order valence-corrected chi connectivity index (χ3v) is 7.02. The van der Waals surface area contributed by atoms with Crippen LogP contribution < -0.4 is 10.6 Å². The number of hydrogen-bond donors (Lipinski definition) is 2. The van der Waals surface area contributed by atoms with Gasteiger partial charge in [0, 0.05) is 37.9 Å². The summed E-state index contributed by atoms with van der Waals surface area (Å²) >= 11 is 12.2. The molecule has 0 spiro atoms. The van der Waals surface area contributed by atoms with E-state index in [1.165, 1.54) is 0 Å². The van der Waals surface area contributed by atoms with Gasteiger partial charge in [0.1, 0.15) is 0 Å². The third-order valence-electron chi connectivity index (χ3n) is 5.03. The lowest BCUT2D eigenvalue weighted by atomic mass is 9.98. The van der Waals surface area contributed by atoms with Crippen LogP contribution in [0.25, 0.3) is 6.08 Å². The fourth-order valence-corrected chi connectivity index (χ4v) is 4.78. The van der Waals surface area contributed by atoms with E-state index in [2.05, 4.69) is 17.6 Å². The second-order valence-electron chi connectivity index (χ2n) is 7.65. The summed E-state index contributed by atoms with van der Waals surface area (Å²) < 4.78 is 11.1. The largest absolute Gasteiger partial charge is 0.350 e. The number of aryl methyl sites for hydroxylation is 1. The molecule has 0 aliphatic carbocycles. The highest BCUT2D eigenvalue weighted by Gasteiger charge is 2.26. The van der Waals surface area contributed by atoms with Crippen LogP contribution in [0.2, 0.25) is 10.0 Å². The predicted molar refractivity (Wildman–Crippen MR) is 127 cm³/mol. The maximum absolute atomic E-state index is 12.4. The van der Waals surface area contributed by atoms with E-state index in [9.17, 15) is 13.8 Å². The van der Waals surface area contributed by atoms with Gasteiger partial charge in [-0.15, -0.1) is 0 Å². The summed E-state index contributed by atoms with van der Waals surface area (Å²) in [6.45, 7) is 3.80. The van der Waals surface area contributed by atoms with Crippen molar-refractivity contribution >= 4 is 51.9 Å². The van der Waals surface area contributed by atoms with Gasteiger partial charge in [0.25, 0.3) is 5.91 Å². The Hall–Kier alpha value is -2.15. The zero-order valence-electron chi connectivity index (χ0n) is 17.3. The molecule has 1 aliphatic rings. The minimum absolute atomic E-state index is 0.0524. The van der Waals surface area contributed by atoms with Crippen LogP contribution in [0, 0.1) is 6.92 Å². The number of hydrogen-bond acceptors (Lipinski definition) is 3. The Balaban J connectivity index is 1.57. The van der Waals surface area contributed by atoms with Crippen molar-refractivity contribution in [2.24, 2.45) is 0 Å². The molecule has 8 heteroatoms. The van der Waals surface area contributed by atoms with Gasteiger partial charge in [-0.25, -0.2) is 0 Å². The van der Waals surface area contributed by atoms with Crippen LogP contribution in [0.5, 0.6) is 0 Å². The highest BCUT2D eigenvalue weighted by Crippen LogP contribution is 2.26. The zero-order chi connectivity index (χ0) is 22.5. The number of benzene rings is 2. The Morgan fingerprint density at radius 3 is 2.45 bits per heavy atom. The smallest absolute Gasteiger partial charge is 0.251 e. The van der Waals surface area contributed by atoms with Crippen LogP contribution in [-0.2, 0) is 15.6 Å². The molecule has 1 saturated heterocycles. The Bertz CT molecular complexity index is 1030. The molecule has 1 atom stereocenters. The molecule has 0 saturated carbocycles. The van der Waals surface area contributed by atoms with Crippen molar-refractivity contribution in [1.82, 2.24) is 10.6 Å². The molecule has 3 rings (SSSR count). The SMILES string of the molecule is Cc1cc(/C=C/C(C)c2cc(Cl)cc(Cl)c2)ccc1C(=O)NCC(=O)NC1CS(=O)C1. The van der Waals surface area contributed by atoms with E-state index in [1.807, 2.05) is 43.3 Å². The Morgan fingerprint density at radius 1 is 1.16 bits per heavy atom. The van der Waals surface area contributed by atoms with Gasteiger partial charge >= 0.3 is 0 Å². The minimum Gasteiger partial charge on any atom is -0.350 e. The molecule has 2 aromatic carbocycles. The van der Waals surface area contributed by atoms with Gasteiger partial charge in [-0.3, -0.25) is 13.8 Å². The second-order valence-corrected chi connectivity index (χ2v) is 10.1. The molecule has 0 aromatic heterocycles. The first-order valence-corrected chi connectivity index (χ1v) is 12.1. The number of carbonyl (C=O) groups excluding carboxylic acids is 2. The molecule has 0 bridgehead atoms. The number of amides is 2. The molecule has 1 fully saturated rings. The summed E-state index contributed by atoms with van der Waals surface area (Å²) in [5, 5.41) is 6.59. The van der Waals surface area contributed by atoms with Crippen molar-refractivity contribution in [1.29, 1.82) is 0 Å². The number of carbonyl (C=O) groups is 2. The molecule has 1 unspecified atom stereocenters. The lowest BCUT2D eigenvalue weighted by Gasteiger charge is -2.25. The first-order chi connectivity index (χ1) is 14.7. The highest BCUT2D eigenvalue weighted by atomic mass is 35.5. The predicted octanol–water partition coefficient (Wildman–Crippen LogP) is 4.10. The summed E-state index contributed by atoms with van der Waals surface area (Å²) in [5.74, 6) is 0.503. The van der Waals surface area contributed by atoms with Crippen molar-refractivity contribution in [3.63, 3.8) is 0 Å². The first kappa shape index (κ1) is 23.5. The molecule has 1 heterocycles. The van der Waals surface area contributed by atoms with Gasteiger partial charge in [-0.1, -0.05) is 54.4 Å². The van der Waals surface area contributed by atoms with Gasteiger partial charge < -0.3 is 10.6 Å². The molecule has 31 heavy (non-hydrogen) atoms. The van der Waals surface area contributed by atoms with Gasteiger partial charge in [0.2, 0.25) is 5.91 Å².